The summed E-state index contributed by atoms with van der Waals surface area (Å²) in [5.41, 5.74) is 4.65. The Kier molecular flexibility index (Phi) is 4.02. The zero-order chi connectivity index (χ0) is 10.6. The minimum absolute atomic E-state index is 0.680. The molecule has 9 heteroatoms. The van der Waals surface area contributed by atoms with Crippen LogP contribution in [0.4, 0.5) is 0 Å². The van der Waals surface area contributed by atoms with Gasteiger partial charge in [0.05, 0.1) is 6.42 Å². The Bertz CT molecular complexity index is 259. The van der Waals surface area contributed by atoms with E-state index in [2.05, 4.69) is 5.73 Å². The van der Waals surface area contributed by atoms with Crippen molar-refractivity contribution < 1.29 is 29.0 Å². The molecule has 0 aromatic rings. The molecule has 0 aliphatic heterocycles. The first-order valence-electron chi connectivity index (χ1n) is 3.07. The second-order valence-corrected chi connectivity index (χ2v) is 3.58. The average molecular weight is 212 g/mol. The topological polar surface area (TPSA) is 150 Å². The molecule has 8 nitrogen and oxygen atoms in total. The van der Waals surface area contributed by atoms with Crippen molar-refractivity contribution >= 4 is 19.6 Å². The highest BCUT2D eigenvalue weighted by atomic mass is 31.2. The molecule has 0 bridgehead atoms. The summed E-state index contributed by atoms with van der Waals surface area (Å²) in [7, 11) is -4.67. The molecule has 13 heavy (non-hydrogen) atoms. The average Bonchev–Trinajstić information content (AvgIpc) is 1.81. The summed E-state index contributed by atoms with van der Waals surface area (Å²) in [6.45, 7) is 0. The predicted molar refractivity (Wildman–Crippen MR) is 40.4 cm³/mol. The van der Waals surface area contributed by atoms with Crippen LogP contribution < -0.4 is 10.8 Å². The molecule has 0 radical (unpaired) electrons. The van der Waals surface area contributed by atoms with Crippen molar-refractivity contribution in [3.8, 4) is 0 Å². The van der Waals surface area contributed by atoms with E-state index in [1.165, 1.54) is 5.09 Å². The molecule has 0 spiro atoms. The van der Waals surface area contributed by atoms with Crippen LogP contribution in [0.25, 0.3) is 0 Å². The van der Waals surface area contributed by atoms with Crippen molar-refractivity contribution in [1.82, 2.24) is 5.09 Å². The number of carboxylic acid groups (broad SMARTS) is 1. The molecule has 6 N–H and O–H groups in total. The second kappa shape index (κ2) is 4.33. The second-order valence-electron chi connectivity index (χ2n) is 2.23. The van der Waals surface area contributed by atoms with Crippen LogP contribution in [-0.2, 0) is 14.2 Å². The van der Waals surface area contributed by atoms with Crippen molar-refractivity contribution in [2.45, 2.75) is 12.5 Å². The van der Waals surface area contributed by atoms with Crippen molar-refractivity contribution in [3.63, 3.8) is 0 Å². The Morgan fingerprint density at radius 3 is 2.15 bits per heavy atom. The summed E-state index contributed by atoms with van der Waals surface area (Å²) in [6.07, 6.45) is -0.680. The maximum absolute atomic E-state index is 10.3. The lowest BCUT2D eigenvalue weighted by atomic mass is 10.2. The number of aliphatic carboxylic acids is 1. The summed E-state index contributed by atoms with van der Waals surface area (Å²) < 4.78 is 10.3. The number of carbonyl (C=O) groups is 2. The molecule has 0 rings (SSSR count). The van der Waals surface area contributed by atoms with E-state index < -0.39 is 32.1 Å². The lowest BCUT2D eigenvalue weighted by molar-refractivity contribution is -0.140. The number of primary amides is 1. The SMILES string of the molecule is NC(=O)C[C@H](NP(=O)(O)O)C(=O)O. The first-order valence-corrected chi connectivity index (χ1v) is 4.68. The van der Waals surface area contributed by atoms with Gasteiger partial charge in [0, 0.05) is 0 Å². The van der Waals surface area contributed by atoms with E-state index in [0.717, 1.165) is 0 Å². The molecule has 0 aromatic heterocycles. The molecule has 0 saturated carbocycles. The Balaban J connectivity index is 4.36. The molecule has 1 atom stereocenters. The Morgan fingerprint density at radius 1 is 1.46 bits per heavy atom. The van der Waals surface area contributed by atoms with Crippen molar-refractivity contribution in [2.24, 2.45) is 5.73 Å². The third kappa shape index (κ3) is 6.23. The normalized spacial score (nSPS) is 13.7. The number of carbonyl (C=O) groups excluding carboxylic acids is 1. The summed E-state index contributed by atoms with van der Waals surface area (Å²) >= 11 is 0. The van der Waals surface area contributed by atoms with E-state index >= 15 is 0 Å². The fraction of sp³-hybridized carbons (Fsp3) is 0.500. The van der Waals surface area contributed by atoms with Crippen LogP contribution >= 0.6 is 7.75 Å². The van der Waals surface area contributed by atoms with Gasteiger partial charge in [-0.2, -0.15) is 0 Å². The Morgan fingerprint density at radius 2 is 1.92 bits per heavy atom. The van der Waals surface area contributed by atoms with Gasteiger partial charge in [0.25, 0.3) is 0 Å². The van der Waals surface area contributed by atoms with Crippen molar-refractivity contribution in [3.05, 3.63) is 0 Å². The van der Waals surface area contributed by atoms with Gasteiger partial charge in [-0.25, -0.2) is 9.65 Å². The monoisotopic (exact) mass is 212 g/mol. The summed E-state index contributed by atoms with van der Waals surface area (Å²) in [5, 5.41) is 9.83. The molecule has 76 valence electrons. The molecule has 0 aromatic carbocycles. The Labute approximate surface area is 72.9 Å². The number of amides is 1. The van der Waals surface area contributed by atoms with Gasteiger partial charge in [-0.3, -0.25) is 9.59 Å². The minimum atomic E-state index is -4.67. The van der Waals surface area contributed by atoms with Gasteiger partial charge in [0.1, 0.15) is 6.04 Å². The van der Waals surface area contributed by atoms with E-state index in [1.807, 2.05) is 0 Å². The highest BCUT2D eigenvalue weighted by molar-refractivity contribution is 7.49. The molecule has 1 amide bonds. The third-order valence-corrected chi connectivity index (χ3v) is 1.68. The third-order valence-electron chi connectivity index (χ3n) is 1.03. The van der Waals surface area contributed by atoms with Gasteiger partial charge < -0.3 is 20.6 Å². The fourth-order valence-electron chi connectivity index (χ4n) is 0.592. The quantitative estimate of drug-likeness (QED) is 0.330. The van der Waals surface area contributed by atoms with Crippen molar-refractivity contribution in [1.29, 1.82) is 0 Å². The molecule has 0 unspecified atom stereocenters. The van der Waals surface area contributed by atoms with Crippen LogP contribution in [0, 0.1) is 0 Å². The van der Waals surface area contributed by atoms with Crippen LogP contribution in [-0.4, -0.2) is 32.8 Å². The summed E-state index contributed by atoms with van der Waals surface area (Å²) in [4.78, 5) is 37.2. The van der Waals surface area contributed by atoms with E-state index in [4.69, 9.17) is 14.9 Å². The summed E-state index contributed by atoms with van der Waals surface area (Å²) in [6, 6.07) is -1.67. The summed E-state index contributed by atoms with van der Waals surface area (Å²) in [5.74, 6) is -2.52. The molecular formula is C4H9N2O6P. The smallest absolute Gasteiger partial charge is 0.401 e. The van der Waals surface area contributed by atoms with E-state index in [-0.39, 0.29) is 0 Å². The number of carboxylic acids is 1. The fourth-order valence-corrected chi connectivity index (χ4v) is 1.20. The number of hydrogen-bond donors (Lipinski definition) is 5. The maximum Gasteiger partial charge on any atom is 0.401 e. The Hall–Kier alpha value is -0.950. The van der Waals surface area contributed by atoms with Crippen molar-refractivity contribution in [2.75, 3.05) is 0 Å². The molecule has 0 heterocycles. The first-order chi connectivity index (χ1) is 5.72. The molecular weight excluding hydrogens is 203 g/mol. The molecule has 0 fully saturated rings. The number of rotatable bonds is 5. The predicted octanol–water partition coefficient (Wildman–Crippen LogP) is -2.00. The molecule has 0 aliphatic rings. The highest BCUT2D eigenvalue weighted by Crippen LogP contribution is 2.29. The van der Waals surface area contributed by atoms with E-state index in [9.17, 15) is 14.2 Å². The van der Waals surface area contributed by atoms with Crippen LogP contribution in [0.1, 0.15) is 6.42 Å². The van der Waals surface area contributed by atoms with Crippen LogP contribution in [0.3, 0.4) is 0 Å². The van der Waals surface area contributed by atoms with Crippen LogP contribution in [0.2, 0.25) is 0 Å². The zero-order valence-electron chi connectivity index (χ0n) is 6.38. The van der Waals surface area contributed by atoms with Crippen LogP contribution in [0.5, 0.6) is 0 Å². The lowest BCUT2D eigenvalue weighted by Gasteiger charge is -2.12. The molecule has 0 saturated heterocycles. The zero-order valence-corrected chi connectivity index (χ0v) is 7.27. The first kappa shape index (κ1) is 12.0. The maximum atomic E-state index is 10.3. The number of nitrogens with one attached hydrogen (secondary N) is 1. The van der Waals surface area contributed by atoms with E-state index in [1.54, 1.807) is 0 Å². The van der Waals surface area contributed by atoms with Gasteiger partial charge in [0.15, 0.2) is 0 Å². The molecule has 0 aliphatic carbocycles. The van der Waals surface area contributed by atoms with Gasteiger partial charge in [-0.1, -0.05) is 0 Å². The van der Waals surface area contributed by atoms with E-state index in [0.29, 0.717) is 0 Å². The highest BCUT2D eigenvalue weighted by Gasteiger charge is 2.27. The number of hydrogen-bond acceptors (Lipinski definition) is 3. The van der Waals surface area contributed by atoms with Crippen LogP contribution in [0.15, 0.2) is 0 Å². The van der Waals surface area contributed by atoms with Gasteiger partial charge in [-0.05, 0) is 0 Å². The standard InChI is InChI=1S/C4H9N2O6P/c5-3(7)1-2(4(8)9)6-13(10,11)12/h2H,1H2,(H2,5,7)(H,8,9)(H3,6,10,11,12)/t2-/m0/s1. The van der Waals surface area contributed by atoms with Gasteiger partial charge >= 0.3 is 13.7 Å². The van der Waals surface area contributed by atoms with Gasteiger partial charge in [0.2, 0.25) is 5.91 Å². The number of nitrogens with two attached hydrogens (primary N) is 1. The minimum Gasteiger partial charge on any atom is -0.480 e. The largest absolute Gasteiger partial charge is 0.480 e. The van der Waals surface area contributed by atoms with Gasteiger partial charge in [-0.15, -0.1) is 0 Å². The lowest BCUT2D eigenvalue weighted by Crippen LogP contribution is -2.38.